The Bertz CT molecular complexity index is 1860. The fourth-order valence-corrected chi connectivity index (χ4v) is 4.70. The monoisotopic (exact) mass is 582 g/mol. The van der Waals surface area contributed by atoms with Crippen molar-refractivity contribution in [3.63, 3.8) is 0 Å². The molecule has 0 unspecified atom stereocenters. The molecule has 13 heteroatoms. The molecule has 6 rings (SSSR count). The van der Waals surface area contributed by atoms with Crippen molar-refractivity contribution >= 4 is 5.91 Å². The van der Waals surface area contributed by atoms with Crippen LogP contribution in [-0.2, 0) is 10.7 Å². The molecule has 0 radical (unpaired) electrons. The van der Waals surface area contributed by atoms with Crippen molar-refractivity contribution in [3.05, 3.63) is 83.6 Å². The second-order valence-electron chi connectivity index (χ2n) is 9.62. The minimum Gasteiger partial charge on any atom is -0.440 e. The zero-order chi connectivity index (χ0) is 30.0. The highest BCUT2D eigenvalue weighted by Gasteiger charge is 2.44. The second kappa shape index (κ2) is 9.43. The summed E-state index contributed by atoms with van der Waals surface area (Å²) in [6.07, 6.45) is -3.83. The molecule has 214 valence electrons. The number of nitrogens with one attached hydrogen (secondary N) is 1. The molecule has 1 amide bonds. The van der Waals surface area contributed by atoms with Crippen molar-refractivity contribution in [2.45, 2.75) is 26.1 Å². The van der Waals surface area contributed by atoms with Gasteiger partial charge in [0.15, 0.2) is 23.1 Å². The molecular formula is C29H19F5N4O4. The Labute approximate surface area is 233 Å². The van der Waals surface area contributed by atoms with Gasteiger partial charge in [-0.15, -0.1) is 8.78 Å². The lowest BCUT2D eigenvalue weighted by Crippen LogP contribution is -2.33. The number of fused-ring (bicyclic) bond motifs is 1. The van der Waals surface area contributed by atoms with Gasteiger partial charge in [0.05, 0.1) is 5.69 Å². The number of aromatic nitrogens is 3. The normalized spacial score (nSPS) is 13.9. The molecule has 1 aliphatic heterocycles. The molecule has 0 saturated heterocycles. The Morgan fingerprint density at radius 3 is 2.38 bits per heavy atom. The zero-order valence-electron chi connectivity index (χ0n) is 21.8. The number of oxazole rings is 1. The number of aryl methyl sites for hydroxylation is 2. The third-order valence-electron chi connectivity index (χ3n) is 6.55. The largest absolute Gasteiger partial charge is 0.586 e. The first-order valence-corrected chi connectivity index (χ1v) is 12.3. The number of H-pyrrole nitrogens is 1. The number of carbonyl (C=O) groups excluding carboxylic acids is 1. The predicted octanol–water partition coefficient (Wildman–Crippen LogP) is 6.72. The Hall–Kier alpha value is -5.20. The number of rotatable bonds is 6. The lowest BCUT2D eigenvalue weighted by molar-refractivity contribution is -0.286. The van der Waals surface area contributed by atoms with E-state index in [0.717, 1.165) is 6.07 Å². The molecule has 42 heavy (non-hydrogen) atoms. The van der Waals surface area contributed by atoms with E-state index in [9.17, 15) is 26.7 Å². The summed E-state index contributed by atoms with van der Waals surface area (Å²) in [5.74, 6) is -6.44. The van der Waals surface area contributed by atoms with Crippen LogP contribution in [0.1, 0.15) is 17.1 Å². The van der Waals surface area contributed by atoms with Gasteiger partial charge in [-0.3, -0.25) is 9.89 Å². The van der Waals surface area contributed by atoms with Crippen LogP contribution in [0, 0.1) is 19.7 Å². The average Bonchev–Trinajstić information content (AvgIpc) is 3.63. The molecule has 0 saturated carbocycles. The molecule has 3 aromatic carbocycles. The number of aromatic amines is 1. The molecule has 5 aromatic rings. The lowest BCUT2D eigenvalue weighted by Gasteiger charge is -2.12. The maximum atomic E-state index is 14.3. The van der Waals surface area contributed by atoms with E-state index in [2.05, 4.69) is 24.7 Å². The van der Waals surface area contributed by atoms with E-state index in [-0.39, 0.29) is 34.5 Å². The van der Waals surface area contributed by atoms with Crippen LogP contribution in [0.2, 0.25) is 0 Å². The molecule has 3 N–H and O–H groups in total. The minimum atomic E-state index is -4.05. The molecular weight excluding hydrogens is 563 g/mol. The van der Waals surface area contributed by atoms with Crippen LogP contribution in [0.4, 0.5) is 22.0 Å². The molecule has 0 bridgehead atoms. The predicted molar refractivity (Wildman–Crippen MR) is 139 cm³/mol. The number of alkyl halides is 4. The number of amides is 1. The van der Waals surface area contributed by atoms with Crippen molar-refractivity contribution in [1.82, 2.24) is 15.2 Å². The number of nitrogens with zero attached hydrogens (tertiary/aromatic N) is 2. The van der Waals surface area contributed by atoms with E-state index in [1.165, 1.54) is 30.3 Å². The SMILES string of the molecule is Cc1cc(F)cc(-c2ccc(-c3cc(C(F)(F)C(N)=O)n[nH]3)c(-c3oc(C)nc3-c3ccc4c(c3)OC(F)(F)O4)c2)c1. The van der Waals surface area contributed by atoms with Crippen LogP contribution in [0.25, 0.3) is 45.0 Å². The van der Waals surface area contributed by atoms with Gasteiger partial charge >= 0.3 is 12.2 Å². The molecule has 0 fully saturated rings. The van der Waals surface area contributed by atoms with Gasteiger partial charge in [-0.05, 0) is 66.1 Å². The van der Waals surface area contributed by atoms with Crippen LogP contribution in [0.5, 0.6) is 11.5 Å². The van der Waals surface area contributed by atoms with Crippen LogP contribution < -0.4 is 15.2 Å². The zero-order valence-corrected chi connectivity index (χ0v) is 21.8. The first-order chi connectivity index (χ1) is 19.8. The maximum Gasteiger partial charge on any atom is 0.586 e. The van der Waals surface area contributed by atoms with Gasteiger partial charge in [-0.2, -0.15) is 13.9 Å². The average molecular weight is 582 g/mol. The number of nitrogens with two attached hydrogens (primary N) is 1. The topological polar surface area (TPSA) is 116 Å². The molecule has 0 spiro atoms. The van der Waals surface area contributed by atoms with E-state index >= 15 is 0 Å². The summed E-state index contributed by atoms with van der Waals surface area (Å²) in [6, 6.07) is 14.4. The number of hydrogen-bond acceptors (Lipinski definition) is 6. The molecule has 0 aliphatic carbocycles. The van der Waals surface area contributed by atoms with E-state index in [1.54, 1.807) is 38.1 Å². The Balaban J connectivity index is 1.55. The van der Waals surface area contributed by atoms with Crippen LogP contribution >= 0.6 is 0 Å². The third kappa shape index (κ3) is 4.72. The molecule has 2 aromatic heterocycles. The van der Waals surface area contributed by atoms with Gasteiger partial charge < -0.3 is 19.6 Å². The number of benzene rings is 3. The highest BCUT2D eigenvalue weighted by atomic mass is 19.3. The first-order valence-electron chi connectivity index (χ1n) is 12.3. The molecule has 0 atom stereocenters. The Kier molecular flexibility index (Phi) is 6.06. The number of carbonyl (C=O) groups is 1. The highest BCUT2D eigenvalue weighted by molar-refractivity contribution is 5.90. The summed E-state index contributed by atoms with van der Waals surface area (Å²) >= 11 is 0. The molecule has 3 heterocycles. The summed E-state index contributed by atoms with van der Waals surface area (Å²) in [5.41, 5.74) is 6.92. The fraction of sp³-hybridized carbons (Fsp3) is 0.138. The van der Waals surface area contributed by atoms with Crippen molar-refractivity contribution in [2.75, 3.05) is 0 Å². The standard InChI is InChI=1S/C29H19F5N4O4/c1-13-7-17(9-18(30)8-13)15-3-5-19(21-12-24(38-37-21)28(31,32)27(35)39)20(10-15)26-25(36-14(2)40-26)16-4-6-22-23(11-16)42-29(33,34)41-22/h3-12H,1-2H3,(H2,35,39)(H,37,38). The van der Waals surface area contributed by atoms with E-state index in [1.807, 2.05) is 0 Å². The third-order valence-corrected chi connectivity index (χ3v) is 6.55. The van der Waals surface area contributed by atoms with Crippen molar-refractivity contribution in [2.24, 2.45) is 5.73 Å². The maximum absolute atomic E-state index is 14.3. The van der Waals surface area contributed by atoms with Gasteiger partial charge in [0, 0.05) is 23.6 Å². The van der Waals surface area contributed by atoms with Gasteiger partial charge in [0.25, 0.3) is 5.91 Å². The molecule has 8 nitrogen and oxygen atoms in total. The number of ether oxygens (including phenoxy) is 2. The first kappa shape index (κ1) is 27.0. The summed E-state index contributed by atoms with van der Waals surface area (Å²) < 4.78 is 85.3. The summed E-state index contributed by atoms with van der Waals surface area (Å²) in [4.78, 5) is 15.8. The number of hydrogen-bond donors (Lipinski definition) is 2. The van der Waals surface area contributed by atoms with E-state index in [4.69, 9.17) is 10.2 Å². The quantitative estimate of drug-likeness (QED) is 0.215. The smallest absolute Gasteiger partial charge is 0.440 e. The molecule has 1 aliphatic rings. The van der Waals surface area contributed by atoms with E-state index < -0.39 is 29.6 Å². The second-order valence-corrected chi connectivity index (χ2v) is 9.62. The highest BCUT2D eigenvalue weighted by Crippen LogP contribution is 2.46. The number of primary amides is 1. The number of halogens is 5. The van der Waals surface area contributed by atoms with Gasteiger partial charge in [-0.25, -0.2) is 9.37 Å². The minimum absolute atomic E-state index is 0.0771. The van der Waals surface area contributed by atoms with Crippen molar-refractivity contribution < 1.29 is 40.6 Å². The van der Waals surface area contributed by atoms with E-state index in [0.29, 0.717) is 33.4 Å². The Morgan fingerprint density at radius 1 is 0.905 bits per heavy atom. The fourth-order valence-electron chi connectivity index (χ4n) is 4.70. The Morgan fingerprint density at radius 2 is 1.64 bits per heavy atom. The van der Waals surface area contributed by atoms with Gasteiger partial charge in [0.1, 0.15) is 17.2 Å². The summed E-state index contributed by atoms with van der Waals surface area (Å²) in [5, 5.41) is 6.09. The lowest BCUT2D eigenvalue weighted by atomic mass is 9.93. The van der Waals surface area contributed by atoms with Crippen LogP contribution in [0.15, 0.2) is 65.1 Å². The van der Waals surface area contributed by atoms with Gasteiger partial charge in [0.2, 0.25) is 0 Å². The van der Waals surface area contributed by atoms with Crippen molar-refractivity contribution in [3.8, 4) is 56.5 Å². The summed E-state index contributed by atoms with van der Waals surface area (Å²) in [7, 11) is 0. The van der Waals surface area contributed by atoms with Crippen LogP contribution in [-0.4, -0.2) is 27.4 Å². The van der Waals surface area contributed by atoms with Gasteiger partial charge in [-0.1, -0.05) is 18.2 Å². The van der Waals surface area contributed by atoms with Crippen molar-refractivity contribution in [1.29, 1.82) is 0 Å². The van der Waals surface area contributed by atoms with Crippen LogP contribution in [0.3, 0.4) is 0 Å². The summed E-state index contributed by atoms with van der Waals surface area (Å²) in [6.45, 7) is 3.29.